The average Bonchev–Trinajstić information content (AvgIpc) is 2.28. The van der Waals surface area contributed by atoms with Crippen LogP contribution in [0, 0.1) is 0 Å². The molecule has 0 fully saturated rings. The third kappa shape index (κ3) is 2.04. The van der Waals surface area contributed by atoms with Gasteiger partial charge in [-0.25, -0.2) is 4.79 Å². The first-order valence-corrected chi connectivity index (χ1v) is 5.93. The Balaban J connectivity index is 2.37. The molecule has 1 aromatic rings. The van der Waals surface area contributed by atoms with Crippen molar-refractivity contribution in [1.82, 2.24) is 0 Å². The SMILES string of the molecule is CCOC(=O)c1cccc2c1SCC(=O)N2. The summed E-state index contributed by atoms with van der Waals surface area (Å²) in [6, 6.07) is 5.22. The third-order valence-corrected chi connectivity index (χ3v) is 3.27. The van der Waals surface area contributed by atoms with Crippen LogP contribution >= 0.6 is 11.8 Å². The molecular weight excluding hydrogens is 226 g/mol. The summed E-state index contributed by atoms with van der Waals surface area (Å²) in [5.41, 5.74) is 1.20. The van der Waals surface area contributed by atoms with Crippen molar-refractivity contribution in [2.24, 2.45) is 0 Å². The molecule has 5 heteroatoms. The van der Waals surface area contributed by atoms with Gasteiger partial charge in [0, 0.05) is 4.90 Å². The van der Waals surface area contributed by atoms with Crippen molar-refractivity contribution < 1.29 is 14.3 Å². The minimum Gasteiger partial charge on any atom is -0.462 e. The molecule has 0 unspecified atom stereocenters. The van der Waals surface area contributed by atoms with Gasteiger partial charge in [0.25, 0.3) is 0 Å². The van der Waals surface area contributed by atoms with E-state index < -0.39 is 0 Å². The monoisotopic (exact) mass is 237 g/mol. The van der Waals surface area contributed by atoms with Crippen molar-refractivity contribution in [2.75, 3.05) is 17.7 Å². The smallest absolute Gasteiger partial charge is 0.339 e. The van der Waals surface area contributed by atoms with Crippen molar-refractivity contribution in [1.29, 1.82) is 0 Å². The first-order chi connectivity index (χ1) is 7.72. The molecule has 1 aromatic carbocycles. The third-order valence-electron chi connectivity index (χ3n) is 2.13. The Labute approximate surface area is 97.4 Å². The average molecular weight is 237 g/mol. The summed E-state index contributed by atoms with van der Waals surface area (Å²) in [5, 5.41) is 2.73. The molecule has 1 aliphatic rings. The van der Waals surface area contributed by atoms with Crippen molar-refractivity contribution >= 4 is 29.3 Å². The van der Waals surface area contributed by atoms with Gasteiger partial charge < -0.3 is 10.1 Å². The molecule has 0 atom stereocenters. The summed E-state index contributed by atoms with van der Waals surface area (Å²) >= 11 is 1.36. The highest BCUT2D eigenvalue weighted by atomic mass is 32.2. The van der Waals surface area contributed by atoms with Crippen LogP contribution in [0.1, 0.15) is 17.3 Å². The van der Waals surface area contributed by atoms with E-state index in [1.54, 1.807) is 25.1 Å². The summed E-state index contributed by atoms with van der Waals surface area (Å²) in [6.07, 6.45) is 0. The van der Waals surface area contributed by atoms with E-state index in [9.17, 15) is 9.59 Å². The van der Waals surface area contributed by atoms with E-state index in [2.05, 4.69) is 5.32 Å². The van der Waals surface area contributed by atoms with Gasteiger partial charge in [-0.15, -0.1) is 11.8 Å². The zero-order valence-electron chi connectivity index (χ0n) is 8.78. The lowest BCUT2D eigenvalue weighted by atomic mass is 10.2. The fourth-order valence-corrected chi connectivity index (χ4v) is 2.41. The summed E-state index contributed by atoms with van der Waals surface area (Å²) in [7, 11) is 0. The predicted molar refractivity (Wildman–Crippen MR) is 61.8 cm³/mol. The van der Waals surface area contributed by atoms with E-state index >= 15 is 0 Å². The van der Waals surface area contributed by atoms with Gasteiger partial charge in [-0.1, -0.05) is 6.07 Å². The van der Waals surface area contributed by atoms with E-state index in [1.807, 2.05) is 0 Å². The molecule has 84 valence electrons. The van der Waals surface area contributed by atoms with Crippen LogP contribution in [0.25, 0.3) is 0 Å². The molecule has 16 heavy (non-hydrogen) atoms. The summed E-state index contributed by atoms with van der Waals surface area (Å²) in [6.45, 7) is 2.11. The Kier molecular flexibility index (Phi) is 3.14. The van der Waals surface area contributed by atoms with Gasteiger partial charge in [-0.3, -0.25) is 4.79 Å². The Morgan fingerprint density at radius 1 is 1.56 bits per heavy atom. The molecule has 1 N–H and O–H groups in total. The van der Waals surface area contributed by atoms with Crippen LogP contribution < -0.4 is 5.32 Å². The maximum absolute atomic E-state index is 11.6. The summed E-state index contributed by atoms with van der Waals surface area (Å²) in [4.78, 5) is 23.6. The number of hydrogen-bond donors (Lipinski definition) is 1. The second-order valence-electron chi connectivity index (χ2n) is 3.24. The molecule has 0 spiro atoms. The van der Waals surface area contributed by atoms with Crippen LogP contribution in [0.5, 0.6) is 0 Å². The highest BCUT2D eigenvalue weighted by molar-refractivity contribution is 8.00. The Morgan fingerprint density at radius 3 is 3.12 bits per heavy atom. The van der Waals surface area contributed by atoms with E-state index in [4.69, 9.17) is 4.74 Å². The van der Waals surface area contributed by atoms with Gasteiger partial charge in [0.1, 0.15) is 0 Å². The van der Waals surface area contributed by atoms with E-state index in [0.717, 1.165) is 4.90 Å². The van der Waals surface area contributed by atoms with Gasteiger partial charge in [-0.2, -0.15) is 0 Å². The number of nitrogens with one attached hydrogen (secondary N) is 1. The second kappa shape index (κ2) is 4.57. The fraction of sp³-hybridized carbons (Fsp3) is 0.273. The van der Waals surface area contributed by atoms with Crippen LogP contribution in [-0.2, 0) is 9.53 Å². The van der Waals surface area contributed by atoms with Crippen LogP contribution in [0.4, 0.5) is 5.69 Å². The number of carbonyl (C=O) groups excluding carboxylic acids is 2. The van der Waals surface area contributed by atoms with Crippen molar-refractivity contribution in [3.8, 4) is 0 Å². The molecule has 0 aliphatic carbocycles. The molecule has 4 nitrogen and oxygen atoms in total. The minimum atomic E-state index is -0.344. The number of amides is 1. The minimum absolute atomic E-state index is 0.0430. The molecular formula is C11H11NO3S. The molecule has 1 amide bonds. The molecule has 0 aromatic heterocycles. The van der Waals surface area contributed by atoms with Crippen LogP contribution in [0.2, 0.25) is 0 Å². The molecule has 1 aliphatic heterocycles. The Bertz CT molecular complexity index is 445. The van der Waals surface area contributed by atoms with Crippen LogP contribution in [0.15, 0.2) is 23.1 Å². The maximum Gasteiger partial charge on any atom is 0.339 e. The topological polar surface area (TPSA) is 55.4 Å². The number of rotatable bonds is 2. The van der Waals surface area contributed by atoms with Gasteiger partial charge in [0.2, 0.25) is 5.91 Å². The van der Waals surface area contributed by atoms with Gasteiger partial charge >= 0.3 is 5.97 Å². The zero-order chi connectivity index (χ0) is 11.5. The Hall–Kier alpha value is -1.49. The second-order valence-corrected chi connectivity index (χ2v) is 4.23. The number of benzene rings is 1. The number of carbonyl (C=O) groups is 2. The number of esters is 1. The molecule has 0 saturated carbocycles. The van der Waals surface area contributed by atoms with Crippen molar-refractivity contribution in [3.05, 3.63) is 23.8 Å². The van der Waals surface area contributed by atoms with E-state index in [-0.39, 0.29) is 11.9 Å². The van der Waals surface area contributed by atoms with Crippen molar-refractivity contribution in [2.45, 2.75) is 11.8 Å². The van der Waals surface area contributed by atoms with E-state index in [0.29, 0.717) is 23.6 Å². The molecule has 0 bridgehead atoms. The number of ether oxygens (including phenoxy) is 1. The Morgan fingerprint density at radius 2 is 2.38 bits per heavy atom. The lowest BCUT2D eigenvalue weighted by molar-refractivity contribution is -0.113. The van der Waals surface area contributed by atoms with Gasteiger partial charge in [0.05, 0.1) is 23.6 Å². The molecule has 2 rings (SSSR count). The first-order valence-electron chi connectivity index (χ1n) is 4.95. The fourth-order valence-electron chi connectivity index (χ4n) is 1.48. The first kappa shape index (κ1) is 11.0. The lowest BCUT2D eigenvalue weighted by Crippen LogP contribution is -2.20. The standard InChI is InChI=1S/C11H11NO3S/c1-2-15-11(14)7-4-3-5-8-10(7)16-6-9(13)12-8/h3-5H,2,6H2,1H3,(H,12,13). The number of hydrogen-bond acceptors (Lipinski definition) is 4. The summed E-state index contributed by atoms with van der Waals surface area (Å²) < 4.78 is 4.96. The zero-order valence-corrected chi connectivity index (χ0v) is 9.60. The lowest BCUT2D eigenvalue weighted by Gasteiger charge is -2.18. The highest BCUT2D eigenvalue weighted by Gasteiger charge is 2.21. The van der Waals surface area contributed by atoms with Crippen molar-refractivity contribution in [3.63, 3.8) is 0 Å². The quantitative estimate of drug-likeness (QED) is 0.798. The van der Waals surface area contributed by atoms with E-state index in [1.165, 1.54) is 11.8 Å². The normalized spacial score (nSPS) is 13.9. The van der Waals surface area contributed by atoms with Crippen LogP contribution in [-0.4, -0.2) is 24.2 Å². The molecule has 1 heterocycles. The highest BCUT2D eigenvalue weighted by Crippen LogP contribution is 2.34. The summed E-state index contributed by atoms with van der Waals surface area (Å²) in [5.74, 6) is -0.0508. The van der Waals surface area contributed by atoms with Crippen LogP contribution in [0.3, 0.4) is 0 Å². The largest absolute Gasteiger partial charge is 0.462 e. The number of anilines is 1. The molecule has 0 saturated heterocycles. The number of fused-ring (bicyclic) bond motifs is 1. The number of thioether (sulfide) groups is 1. The molecule has 0 radical (unpaired) electrons. The predicted octanol–water partition coefficient (Wildman–Crippen LogP) is 1.91. The van der Waals surface area contributed by atoms with Gasteiger partial charge in [0.15, 0.2) is 0 Å². The maximum atomic E-state index is 11.6. The van der Waals surface area contributed by atoms with Gasteiger partial charge in [-0.05, 0) is 19.1 Å².